The van der Waals surface area contributed by atoms with E-state index in [4.69, 9.17) is 15.0 Å². The lowest BCUT2D eigenvalue weighted by atomic mass is 9.86. The van der Waals surface area contributed by atoms with Gasteiger partial charge in [0.25, 0.3) is 0 Å². The summed E-state index contributed by atoms with van der Waals surface area (Å²) >= 11 is 0. The standard InChI is InChI=1S/C50H47N5/c1-34-31-41(20-11-22-44(34)46-29-28-43(33-51-46)45-23-10-17-38-21-12-30-55(2)47(38)45)49-52-48(39-26-24-37(25-27-39)35-13-5-3-6-14-35)53-50(54-49)42-19-9-18-40(32-42)36-15-7-4-8-16-36/h3-17,19-24,26-29,32-34,37,40-41,46,51H,18,25,30-31H2,1-2H3. The van der Waals surface area contributed by atoms with E-state index in [1.165, 1.54) is 39.1 Å². The highest BCUT2D eigenvalue weighted by Gasteiger charge is 2.27. The Hall–Kier alpha value is -6.07. The molecule has 0 spiro atoms. The number of rotatable bonds is 7. The quantitative estimate of drug-likeness (QED) is 0.206. The lowest BCUT2D eigenvalue weighted by Crippen LogP contribution is -2.30. The van der Waals surface area contributed by atoms with Crippen LogP contribution >= 0.6 is 0 Å². The highest BCUT2D eigenvalue weighted by atomic mass is 15.1. The Kier molecular flexibility index (Phi) is 9.68. The summed E-state index contributed by atoms with van der Waals surface area (Å²) in [6, 6.07) is 28.2. The maximum Gasteiger partial charge on any atom is 0.163 e. The second-order valence-electron chi connectivity index (χ2n) is 15.3. The van der Waals surface area contributed by atoms with Crippen molar-refractivity contribution in [3.63, 3.8) is 0 Å². The lowest BCUT2D eigenvalue weighted by Gasteiger charge is -2.29. The maximum atomic E-state index is 5.25. The highest BCUT2D eigenvalue weighted by molar-refractivity contribution is 5.88. The molecule has 1 aromatic heterocycles. The fraction of sp³-hybridized carbons (Fsp3) is 0.220. The van der Waals surface area contributed by atoms with Crippen molar-refractivity contribution in [1.29, 1.82) is 0 Å². The fourth-order valence-corrected chi connectivity index (χ4v) is 8.62. The minimum absolute atomic E-state index is 0.0469. The van der Waals surface area contributed by atoms with Gasteiger partial charge in [0.15, 0.2) is 11.6 Å². The molecule has 272 valence electrons. The van der Waals surface area contributed by atoms with Gasteiger partial charge in [0.05, 0.1) is 11.7 Å². The Labute approximate surface area is 325 Å². The van der Waals surface area contributed by atoms with Gasteiger partial charge >= 0.3 is 0 Å². The summed E-state index contributed by atoms with van der Waals surface area (Å²) in [7, 11) is 2.17. The van der Waals surface area contributed by atoms with Crippen molar-refractivity contribution in [3.05, 3.63) is 203 Å². The first-order valence-corrected chi connectivity index (χ1v) is 19.7. The van der Waals surface area contributed by atoms with Crippen LogP contribution in [0.1, 0.15) is 83.7 Å². The zero-order valence-corrected chi connectivity index (χ0v) is 31.6. The number of benzene rings is 3. The van der Waals surface area contributed by atoms with E-state index in [0.29, 0.717) is 11.8 Å². The van der Waals surface area contributed by atoms with Crippen LogP contribution in [0.3, 0.4) is 0 Å². The van der Waals surface area contributed by atoms with Crippen LogP contribution < -0.4 is 10.2 Å². The summed E-state index contributed by atoms with van der Waals surface area (Å²) < 4.78 is 0. The Bertz CT molecular complexity index is 2350. The Morgan fingerprint density at radius 1 is 0.673 bits per heavy atom. The Morgan fingerprint density at radius 2 is 1.44 bits per heavy atom. The van der Waals surface area contributed by atoms with Gasteiger partial charge < -0.3 is 10.2 Å². The molecule has 0 bridgehead atoms. The summed E-state index contributed by atoms with van der Waals surface area (Å²) in [6.45, 7) is 3.26. The third-order valence-electron chi connectivity index (χ3n) is 11.6. The van der Waals surface area contributed by atoms with Crippen molar-refractivity contribution in [2.75, 3.05) is 18.5 Å². The number of aromatic nitrogens is 3. The van der Waals surface area contributed by atoms with Gasteiger partial charge in [-0.25, -0.2) is 15.0 Å². The molecule has 55 heavy (non-hydrogen) atoms. The van der Waals surface area contributed by atoms with Crippen LogP contribution in [0.2, 0.25) is 0 Å². The van der Waals surface area contributed by atoms with E-state index in [-0.39, 0.29) is 17.9 Å². The molecule has 0 saturated carbocycles. The number of likely N-dealkylation sites (N-methyl/N-ethyl adjacent to an activating group) is 1. The smallest absolute Gasteiger partial charge is 0.163 e. The zero-order valence-electron chi connectivity index (χ0n) is 31.6. The van der Waals surface area contributed by atoms with E-state index in [1.807, 2.05) is 0 Å². The van der Waals surface area contributed by atoms with Crippen molar-refractivity contribution in [3.8, 4) is 0 Å². The highest BCUT2D eigenvalue weighted by Crippen LogP contribution is 2.38. The number of dihydropyridines is 1. The zero-order chi connectivity index (χ0) is 37.1. The van der Waals surface area contributed by atoms with Crippen LogP contribution in [0.15, 0.2) is 164 Å². The second kappa shape index (κ2) is 15.3. The molecule has 0 amide bonds. The molecule has 5 unspecified atom stereocenters. The average Bonchev–Trinajstić information content (AvgIpc) is 3.45. The van der Waals surface area contributed by atoms with Gasteiger partial charge in [-0.15, -0.1) is 0 Å². The van der Waals surface area contributed by atoms with Crippen molar-refractivity contribution in [2.24, 2.45) is 5.92 Å². The summed E-state index contributed by atoms with van der Waals surface area (Å²) in [5.41, 5.74) is 11.1. The molecule has 1 N–H and O–H groups in total. The first kappa shape index (κ1) is 34.7. The predicted octanol–water partition coefficient (Wildman–Crippen LogP) is 10.8. The number of allylic oxidation sites excluding steroid dienone is 13. The largest absolute Gasteiger partial charge is 0.380 e. The molecular weight excluding hydrogens is 671 g/mol. The van der Waals surface area contributed by atoms with Crippen molar-refractivity contribution >= 4 is 28.5 Å². The third-order valence-corrected chi connectivity index (χ3v) is 11.6. The monoisotopic (exact) mass is 717 g/mol. The Morgan fingerprint density at radius 3 is 2.18 bits per heavy atom. The van der Waals surface area contributed by atoms with Gasteiger partial charge in [0.1, 0.15) is 5.82 Å². The molecule has 5 aliphatic rings. The van der Waals surface area contributed by atoms with Gasteiger partial charge in [0.2, 0.25) is 0 Å². The SMILES string of the molecule is CC1CC(c2nc(C3=CCC(c4ccccc4)C=C3)nc(C3=CC(c4ccccc4)CC=C3)n2)C=CC=C1C1C=CC(c2cccc3c2N(C)CC=C3)=CN1. The first-order chi connectivity index (χ1) is 27.1. The normalized spacial score (nSPS) is 24.3. The van der Waals surface area contributed by atoms with E-state index in [2.05, 4.69) is 188 Å². The molecular formula is C50H47N5. The van der Waals surface area contributed by atoms with E-state index >= 15 is 0 Å². The van der Waals surface area contributed by atoms with Crippen LogP contribution in [0, 0.1) is 5.92 Å². The number of para-hydroxylation sites is 1. The summed E-state index contributed by atoms with van der Waals surface area (Å²) in [4.78, 5) is 18.0. The molecule has 0 saturated heterocycles. The van der Waals surface area contributed by atoms with E-state index in [1.54, 1.807) is 0 Å². The molecule has 0 fully saturated rings. The second-order valence-corrected chi connectivity index (χ2v) is 15.3. The lowest BCUT2D eigenvalue weighted by molar-refractivity contribution is 0.528. The summed E-state index contributed by atoms with van der Waals surface area (Å²) in [5, 5.41) is 3.75. The molecule has 3 heterocycles. The molecule has 4 aromatic rings. The molecule has 3 aliphatic carbocycles. The molecule has 9 rings (SSSR count). The molecule has 3 aromatic carbocycles. The predicted molar refractivity (Wildman–Crippen MR) is 228 cm³/mol. The number of nitrogens with one attached hydrogen (secondary N) is 1. The third kappa shape index (κ3) is 7.27. The van der Waals surface area contributed by atoms with Crippen LogP contribution in [-0.2, 0) is 0 Å². The van der Waals surface area contributed by atoms with Crippen molar-refractivity contribution in [2.45, 2.75) is 50.0 Å². The van der Waals surface area contributed by atoms with Gasteiger partial charge in [0, 0.05) is 54.3 Å². The number of hydrogen-bond acceptors (Lipinski definition) is 5. The minimum Gasteiger partial charge on any atom is -0.380 e. The Balaban J connectivity index is 0.981. The van der Waals surface area contributed by atoms with Crippen molar-refractivity contribution in [1.82, 2.24) is 20.3 Å². The van der Waals surface area contributed by atoms with Crippen LogP contribution in [0.4, 0.5) is 5.69 Å². The maximum absolute atomic E-state index is 5.25. The van der Waals surface area contributed by atoms with E-state index in [9.17, 15) is 0 Å². The molecule has 2 aliphatic heterocycles. The summed E-state index contributed by atoms with van der Waals surface area (Å²) in [6.07, 6.45) is 34.4. The van der Waals surface area contributed by atoms with Gasteiger partial charge in [-0.05, 0) is 53.0 Å². The topological polar surface area (TPSA) is 53.9 Å². The summed E-state index contributed by atoms with van der Waals surface area (Å²) in [5.74, 6) is 3.30. The minimum atomic E-state index is 0.0469. The number of anilines is 1. The number of fused-ring (bicyclic) bond motifs is 1. The molecule has 5 atom stereocenters. The molecule has 0 radical (unpaired) electrons. The number of hydrogen-bond donors (Lipinski definition) is 1. The number of nitrogens with zero attached hydrogens (tertiary/aromatic N) is 4. The van der Waals surface area contributed by atoms with Gasteiger partial charge in [-0.1, -0.05) is 165 Å². The van der Waals surface area contributed by atoms with Gasteiger partial charge in [-0.2, -0.15) is 0 Å². The van der Waals surface area contributed by atoms with Crippen LogP contribution in [0.25, 0.3) is 22.8 Å². The van der Waals surface area contributed by atoms with Crippen LogP contribution in [-0.4, -0.2) is 34.6 Å². The fourth-order valence-electron chi connectivity index (χ4n) is 8.62. The van der Waals surface area contributed by atoms with Crippen molar-refractivity contribution < 1.29 is 0 Å². The van der Waals surface area contributed by atoms with Crippen LogP contribution in [0.5, 0.6) is 0 Å². The van der Waals surface area contributed by atoms with E-state index in [0.717, 1.165) is 54.4 Å². The van der Waals surface area contributed by atoms with E-state index < -0.39 is 0 Å². The molecule has 5 nitrogen and oxygen atoms in total. The first-order valence-electron chi connectivity index (χ1n) is 19.7. The molecule has 5 heteroatoms. The van der Waals surface area contributed by atoms with Gasteiger partial charge in [-0.3, -0.25) is 0 Å². The average molecular weight is 718 g/mol.